The lowest BCUT2D eigenvalue weighted by Gasteiger charge is -2.54. The van der Waals surface area contributed by atoms with Crippen molar-refractivity contribution in [1.29, 1.82) is 0 Å². The van der Waals surface area contributed by atoms with E-state index >= 15 is 8.78 Å². The van der Waals surface area contributed by atoms with Crippen LogP contribution in [0.15, 0.2) is 41.4 Å². The molecule has 0 aromatic rings. The number of carboxylic acids is 1. The highest BCUT2D eigenvalue weighted by Crippen LogP contribution is 2.52. The molecule has 10 atom stereocenters. The molecule has 54 heavy (non-hydrogen) atoms. The first-order valence-corrected chi connectivity index (χ1v) is 18.0. The van der Waals surface area contributed by atoms with Crippen molar-refractivity contribution in [1.82, 2.24) is 10.6 Å². The first-order chi connectivity index (χ1) is 25.3. The van der Waals surface area contributed by atoms with Gasteiger partial charge in [0.05, 0.1) is 23.7 Å². The SMILES string of the molecule is C=C1C[C@](OC)([C@H](O)C(=O)N[C@H]2OCO[C@H]3[C@@H]2O[C@H](C[C@H](O)CCC/C=C/C=C/C(=O)N[C@@H](CCCN=C(N)N)C(=O)O)C(C)(C)C3(F)F)O[C@H](C)[C@@H]1C. The number of alkyl halides is 2. The van der Waals surface area contributed by atoms with Crippen LogP contribution in [-0.2, 0) is 38.1 Å². The molecule has 9 N–H and O–H groups in total. The number of carbonyl (C=O) groups is 3. The minimum atomic E-state index is -3.48. The lowest BCUT2D eigenvalue weighted by molar-refractivity contribution is -0.372. The Balaban J connectivity index is 1.55. The van der Waals surface area contributed by atoms with E-state index in [0.717, 1.165) is 0 Å². The predicted octanol–water partition coefficient (Wildman–Crippen LogP) is 1.59. The highest BCUT2D eigenvalue weighted by molar-refractivity contribution is 5.91. The lowest BCUT2D eigenvalue weighted by atomic mass is 9.71. The third-order valence-corrected chi connectivity index (χ3v) is 10.4. The molecule has 3 aliphatic heterocycles. The molecule has 0 unspecified atom stereocenters. The summed E-state index contributed by atoms with van der Waals surface area (Å²) >= 11 is 0. The number of hydrogen-bond donors (Lipinski definition) is 7. The van der Waals surface area contributed by atoms with Crippen LogP contribution >= 0.6 is 0 Å². The van der Waals surface area contributed by atoms with Gasteiger partial charge in [-0.25, -0.2) is 13.6 Å². The number of allylic oxidation sites excluding steroid dienone is 3. The van der Waals surface area contributed by atoms with Gasteiger partial charge < -0.3 is 61.1 Å². The van der Waals surface area contributed by atoms with Crippen LogP contribution in [0.25, 0.3) is 0 Å². The number of nitrogens with two attached hydrogens (primary N) is 2. The highest BCUT2D eigenvalue weighted by atomic mass is 19.3. The number of carboxylic acid groups (broad SMARTS) is 1. The van der Waals surface area contributed by atoms with Crippen LogP contribution in [0, 0.1) is 11.3 Å². The number of aliphatic hydroxyl groups excluding tert-OH is 2. The molecule has 18 heteroatoms. The summed E-state index contributed by atoms with van der Waals surface area (Å²) < 4.78 is 60.5. The molecule has 0 aliphatic carbocycles. The minimum absolute atomic E-state index is 0.0239. The van der Waals surface area contributed by atoms with Crippen LogP contribution in [0.5, 0.6) is 0 Å². The summed E-state index contributed by atoms with van der Waals surface area (Å²) in [6, 6.07) is -1.11. The highest BCUT2D eigenvalue weighted by Gasteiger charge is 2.67. The summed E-state index contributed by atoms with van der Waals surface area (Å²) in [7, 11) is 1.29. The van der Waals surface area contributed by atoms with Gasteiger partial charge in [-0.15, -0.1) is 0 Å². The number of halogens is 2. The van der Waals surface area contributed by atoms with Gasteiger partial charge in [-0.1, -0.05) is 51.2 Å². The number of aliphatic hydroxyl groups is 2. The van der Waals surface area contributed by atoms with Crippen LogP contribution in [0.4, 0.5) is 8.78 Å². The minimum Gasteiger partial charge on any atom is -0.480 e. The summed E-state index contributed by atoms with van der Waals surface area (Å²) in [5, 5.41) is 36.2. The number of guanidine groups is 1. The fourth-order valence-corrected chi connectivity index (χ4v) is 6.62. The Kier molecular flexibility index (Phi) is 16.1. The fourth-order valence-electron chi connectivity index (χ4n) is 6.62. The van der Waals surface area contributed by atoms with Crippen molar-refractivity contribution in [3.05, 3.63) is 36.5 Å². The zero-order valence-corrected chi connectivity index (χ0v) is 31.5. The van der Waals surface area contributed by atoms with Crippen LogP contribution in [0.3, 0.4) is 0 Å². The van der Waals surface area contributed by atoms with E-state index in [9.17, 15) is 29.7 Å². The summed E-state index contributed by atoms with van der Waals surface area (Å²) in [4.78, 5) is 40.7. The quantitative estimate of drug-likeness (QED) is 0.0262. The van der Waals surface area contributed by atoms with Gasteiger partial charge in [-0.3, -0.25) is 14.6 Å². The van der Waals surface area contributed by atoms with Crippen LogP contribution in [0.1, 0.15) is 72.6 Å². The molecule has 16 nitrogen and oxygen atoms in total. The van der Waals surface area contributed by atoms with Crippen LogP contribution < -0.4 is 22.1 Å². The third-order valence-electron chi connectivity index (χ3n) is 10.4. The number of nitrogens with one attached hydrogen (secondary N) is 2. The van der Waals surface area contributed by atoms with Crippen molar-refractivity contribution in [2.75, 3.05) is 20.4 Å². The van der Waals surface area contributed by atoms with Crippen LogP contribution in [-0.4, -0.2) is 120 Å². The van der Waals surface area contributed by atoms with Gasteiger partial charge >= 0.3 is 5.97 Å². The zero-order chi connectivity index (χ0) is 40.4. The number of carbonyl (C=O) groups excluding carboxylic acids is 2. The fraction of sp³-hybridized carbons (Fsp3) is 0.722. The summed E-state index contributed by atoms with van der Waals surface area (Å²) in [5.74, 6) is -8.18. The van der Waals surface area contributed by atoms with Crippen molar-refractivity contribution >= 4 is 23.7 Å². The average molecular weight is 774 g/mol. The molecule has 3 heterocycles. The second-order valence-corrected chi connectivity index (χ2v) is 14.6. The predicted molar refractivity (Wildman–Crippen MR) is 192 cm³/mol. The molecule has 3 saturated heterocycles. The molecule has 2 amide bonds. The van der Waals surface area contributed by atoms with Gasteiger partial charge in [0.25, 0.3) is 11.8 Å². The van der Waals surface area contributed by atoms with E-state index in [1.54, 1.807) is 19.1 Å². The summed E-state index contributed by atoms with van der Waals surface area (Å²) in [5.41, 5.74) is 9.41. The van der Waals surface area contributed by atoms with Gasteiger partial charge in [0, 0.05) is 38.5 Å². The number of amides is 2. The van der Waals surface area contributed by atoms with Crippen molar-refractivity contribution in [3.63, 3.8) is 0 Å². The second-order valence-electron chi connectivity index (χ2n) is 14.6. The third kappa shape index (κ3) is 11.0. The maximum absolute atomic E-state index is 16.1. The number of nitrogens with zero attached hydrogens (tertiary/aromatic N) is 1. The number of unbranched alkanes of at least 4 members (excludes halogenated alkanes) is 1. The smallest absolute Gasteiger partial charge is 0.326 e. The molecule has 0 aromatic carbocycles. The Hall–Kier alpha value is -3.52. The Morgan fingerprint density at radius 3 is 2.46 bits per heavy atom. The summed E-state index contributed by atoms with van der Waals surface area (Å²) in [6.07, 6.45) is -1.74. The van der Waals surface area contributed by atoms with Gasteiger partial charge in [-0.2, -0.15) is 0 Å². The molecular formula is C36H57F2N5O11. The van der Waals surface area contributed by atoms with Crippen molar-refractivity contribution in [2.24, 2.45) is 27.8 Å². The Morgan fingerprint density at radius 1 is 1.13 bits per heavy atom. The number of hydrogen-bond acceptors (Lipinski definition) is 11. The monoisotopic (exact) mass is 773 g/mol. The summed E-state index contributed by atoms with van der Waals surface area (Å²) in [6.45, 7) is 9.98. The van der Waals surface area contributed by atoms with Crippen molar-refractivity contribution < 1.29 is 62.2 Å². The van der Waals surface area contributed by atoms with Gasteiger partial charge in [0.2, 0.25) is 11.7 Å². The zero-order valence-electron chi connectivity index (χ0n) is 31.5. The number of fused-ring (bicyclic) bond motifs is 1. The maximum atomic E-state index is 16.1. The lowest BCUT2D eigenvalue weighted by Crippen LogP contribution is -2.71. The van der Waals surface area contributed by atoms with E-state index in [0.29, 0.717) is 24.8 Å². The molecule has 0 bridgehead atoms. The molecule has 306 valence electrons. The van der Waals surface area contributed by atoms with E-state index in [1.165, 1.54) is 33.1 Å². The molecule has 0 radical (unpaired) electrons. The Bertz CT molecular complexity index is 1410. The number of aliphatic carboxylic acids is 1. The number of methoxy groups -OCH3 is 1. The first kappa shape index (κ1) is 44.9. The number of ether oxygens (including phenoxy) is 5. The number of aliphatic imine (C=N–C) groups is 1. The van der Waals surface area contributed by atoms with Crippen LogP contribution in [0.2, 0.25) is 0 Å². The molecular weight excluding hydrogens is 716 g/mol. The Morgan fingerprint density at radius 2 is 1.83 bits per heavy atom. The van der Waals surface area contributed by atoms with Crippen molar-refractivity contribution in [2.45, 2.75) is 133 Å². The van der Waals surface area contributed by atoms with Crippen molar-refractivity contribution in [3.8, 4) is 0 Å². The van der Waals surface area contributed by atoms with Gasteiger partial charge in [0.15, 0.2) is 24.4 Å². The van der Waals surface area contributed by atoms with E-state index in [2.05, 4.69) is 22.2 Å². The molecule has 3 rings (SSSR count). The normalized spacial score (nSPS) is 30.9. The molecule has 0 aromatic heterocycles. The van der Waals surface area contributed by atoms with E-state index in [4.69, 9.17) is 35.2 Å². The van der Waals surface area contributed by atoms with Gasteiger partial charge in [0.1, 0.15) is 18.9 Å². The molecule has 3 aliphatic rings. The van der Waals surface area contributed by atoms with E-state index < -0.39 is 90.6 Å². The largest absolute Gasteiger partial charge is 0.480 e. The number of rotatable bonds is 18. The molecule has 3 fully saturated rings. The van der Waals surface area contributed by atoms with Gasteiger partial charge in [-0.05, 0) is 39.0 Å². The first-order valence-electron chi connectivity index (χ1n) is 18.0. The molecule has 0 saturated carbocycles. The molecule has 0 spiro atoms. The van der Waals surface area contributed by atoms with E-state index in [1.807, 2.05) is 6.92 Å². The maximum Gasteiger partial charge on any atom is 0.326 e. The Labute approximate surface area is 314 Å². The standard InChI is InChI=1S/C36H57F2N5O11/c1-20-18-35(50-6,54-22(3)21(20)2)28(46)30(47)43-31-27-29(51-19-52-31)36(37,38)34(4,5)25(53-27)17-23(44)13-10-8-7-9-11-15-26(45)42-24(32(48)49)14-12-16-41-33(39)40/h7,9,11,15,21-25,27-29,31,44,46H,1,8,10,12-14,16-19H2,2-6H3,(H,42,45)(H,43,47)(H,48,49)(H4,39,40,41)/b9-7+,15-11+/t21-,22-,23-,24+,25-,27+,28-,29+,31+,35-/m1/s1. The average Bonchev–Trinajstić information content (AvgIpc) is 3.10. The second kappa shape index (κ2) is 19.4. The topological polar surface area (TPSA) is 247 Å². The van der Waals surface area contributed by atoms with E-state index in [-0.39, 0.29) is 44.1 Å².